The molecule has 1 atom stereocenters. The third-order valence-corrected chi connectivity index (χ3v) is 5.81. The number of carbonyl (C=O) groups excluding carboxylic acids is 2. The summed E-state index contributed by atoms with van der Waals surface area (Å²) in [4.78, 5) is 26.3. The maximum Gasteiger partial charge on any atom is 0.281 e. The van der Waals surface area contributed by atoms with E-state index in [-0.39, 0.29) is 24.4 Å². The van der Waals surface area contributed by atoms with Crippen molar-refractivity contribution < 1.29 is 23.5 Å². The maximum atomic E-state index is 13.4. The summed E-state index contributed by atoms with van der Waals surface area (Å²) >= 11 is 0. The molecule has 3 aromatic carbocycles. The van der Waals surface area contributed by atoms with E-state index in [1.807, 2.05) is 43.3 Å². The summed E-state index contributed by atoms with van der Waals surface area (Å²) in [6.07, 6.45) is 1.19. The van der Waals surface area contributed by atoms with Crippen LogP contribution in [0.3, 0.4) is 0 Å². The van der Waals surface area contributed by atoms with E-state index in [0.717, 1.165) is 16.8 Å². The van der Waals surface area contributed by atoms with E-state index in [4.69, 9.17) is 9.47 Å². The molecule has 0 saturated heterocycles. The fourth-order valence-corrected chi connectivity index (χ4v) is 3.89. The molecule has 0 bridgehead atoms. The molecule has 0 radical (unpaired) electrons. The Balaban J connectivity index is 1.59. The maximum absolute atomic E-state index is 13.4. The van der Waals surface area contributed by atoms with Gasteiger partial charge in [-0.1, -0.05) is 24.3 Å². The van der Waals surface area contributed by atoms with Crippen LogP contribution in [0.4, 0.5) is 10.1 Å². The number of aldehydes is 1. The normalized spacial score (nSPS) is 14.9. The fourth-order valence-electron chi connectivity index (χ4n) is 3.89. The van der Waals surface area contributed by atoms with Crippen molar-refractivity contribution in [3.05, 3.63) is 89.2 Å². The lowest BCUT2D eigenvalue weighted by molar-refractivity contribution is -0.135. The lowest BCUT2D eigenvalue weighted by Crippen LogP contribution is -2.31. The zero-order valence-corrected chi connectivity index (χ0v) is 19.8. The SMILES string of the molecule is COc1cc(C=O)ccc1OCC(=O)N1N=C(c2ccc(F)cc2)CC1c1ccc(N(C)C)cc1. The highest BCUT2D eigenvalue weighted by Crippen LogP contribution is 2.34. The highest BCUT2D eigenvalue weighted by atomic mass is 19.1. The largest absolute Gasteiger partial charge is 0.493 e. The Bertz CT molecular complexity index is 1240. The predicted molar refractivity (Wildman–Crippen MR) is 132 cm³/mol. The van der Waals surface area contributed by atoms with Gasteiger partial charge in [0.2, 0.25) is 0 Å². The van der Waals surface area contributed by atoms with Crippen LogP contribution in [0.1, 0.15) is 33.9 Å². The number of carbonyl (C=O) groups is 2. The minimum absolute atomic E-state index is 0.275. The molecule has 0 saturated carbocycles. The highest BCUT2D eigenvalue weighted by molar-refractivity contribution is 6.03. The third-order valence-electron chi connectivity index (χ3n) is 5.81. The minimum Gasteiger partial charge on any atom is -0.493 e. The van der Waals surface area contributed by atoms with E-state index < -0.39 is 0 Å². The number of amides is 1. The van der Waals surface area contributed by atoms with Crippen molar-refractivity contribution in [3.63, 3.8) is 0 Å². The summed E-state index contributed by atoms with van der Waals surface area (Å²) in [6, 6.07) is 18.4. The Labute approximate surface area is 203 Å². The number of halogens is 1. The van der Waals surface area contributed by atoms with E-state index in [9.17, 15) is 14.0 Å². The van der Waals surface area contributed by atoms with Crippen molar-refractivity contribution in [2.75, 3.05) is 32.7 Å². The van der Waals surface area contributed by atoms with Crippen molar-refractivity contribution in [3.8, 4) is 11.5 Å². The summed E-state index contributed by atoms with van der Waals surface area (Å²) < 4.78 is 24.5. The van der Waals surface area contributed by atoms with Gasteiger partial charge in [-0.25, -0.2) is 9.40 Å². The summed E-state index contributed by atoms with van der Waals surface area (Å²) in [5, 5.41) is 6.02. The molecular weight excluding hydrogens is 449 g/mol. The Kier molecular flexibility index (Phi) is 7.10. The minimum atomic E-state index is -0.342. The van der Waals surface area contributed by atoms with Gasteiger partial charge in [0.05, 0.1) is 18.9 Å². The molecule has 0 fully saturated rings. The van der Waals surface area contributed by atoms with E-state index in [0.29, 0.717) is 35.5 Å². The van der Waals surface area contributed by atoms with Crippen molar-refractivity contribution in [2.45, 2.75) is 12.5 Å². The molecule has 0 aromatic heterocycles. The van der Waals surface area contributed by atoms with Gasteiger partial charge in [-0.15, -0.1) is 0 Å². The van der Waals surface area contributed by atoms with Gasteiger partial charge in [-0.3, -0.25) is 9.59 Å². The van der Waals surface area contributed by atoms with E-state index >= 15 is 0 Å². The number of nitrogens with zero attached hydrogens (tertiary/aromatic N) is 3. The van der Waals surface area contributed by atoms with E-state index in [2.05, 4.69) is 5.10 Å². The molecule has 0 N–H and O–H groups in total. The summed E-state index contributed by atoms with van der Waals surface area (Å²) in [5.74, 6) is 0.0276. The van der Waals surface area contributed by atoms with Crippen molar-refractivity contribution in [1.82, 2.24) is 5.01 Å². The fraction of sp³-hybridized carbons (Fsp3) is 0.222. The van der Waals surface area contributed by atoms with Crippen molar-refractivity contribution in [1.29, 1.82) is 0 Å². The van der Waals surface area contributed by atoms with E-state index in [1.165, 1.54) is 24.3 Å². The van der Waals surface area contributed by atoms with Crippen molar-refractivity contribution >= 4 is 23.6 Å². The average molecular weight is 476 g/mol. The molecule has 8 heteroatoms. The van der Waals surface area contributed by atoms with Gasteiger partial charge >= 0.3 is 0 Å². The molecule has 1 heterocycles. The van der Waals surface area contributed by atoms with Gasteiger partial charge in [0.25, 0.3) is 5.91 Å². The van der Waals surface area contributed by atoms with Crippen LogP contribution < -0.4 is 14.4 Å². The number of anilines is 1. The van der Waals surface area contributed by atoms with E-state index in [1.54, 1.807) is 30.3 Å². The molecule has 1 aliphatic rings. The molecule has 35 heavy (non-hydrogen) atoms. The van der Waals surface area contributed by atoms with Gasteiger partial charge in [0.15, 0.2) is 18.1 Å². The first-order valence-electron chi connectivity index (χ1n) is 11.1. The Morgan fingerprint density at radius 1 is 1.09 bits per heavy atom. The lowest BCUT2D eigenvalue weighted by Gasteiger charge is -2.23. The first kappa shape index (κ1) is 23.9. The van der Waals surface area contributed by atoms with Crippen LogP contribution in [0.5, 0.6) is 11.5 Å². The Morgan fingerprint density at radius 3 is 2.43 bits per heavy atom. The Morgan fingerprint density at radius 2 is 1.80 bits per heavy atom. The zero-order chi connectivity index (χ0) is 24.9. The van der Waals surface area contributed by atoms with Crippen LogP contribution in [-0.4, -0.2) is 50.7 Å². The number of ether oxygens (including phenoxy) is 2. The number of benzene rings is 3. The molecule has 180 valence electrons. The number of methoxy groups -OCH3 is 1. The molecule has 3 aromatic rings. The van der Waals surface area contributed by atoms with Gasteiger partial charge in [0.1, 0.15) is 12.1 Å². The van der Waals surface area contributed by atoms with Gasteiger partial charge < -0.3 is 14.4 Å². The average Bonchev–Trinajstić information content (AvgIpc) is 3.33. The highest BCUT2D eigenvalue weighted by Gasteiger charge is 2.33. The number of hydrazone groups is 1. The summed E-state index contributed by atoms with van der Waals surface area (Å²) in [7, 11) is 5.39. The first-order valence-corrected chi connectivity index (χ1v) is 11.1. The number of rotatable bonds is 8. The molecule has 0 aliphatic carbocycles. The van der Waals surface area contributed by atoms with Crippen molar-refractivity contribution in [2.24, 2.45) is 5.10 Å². The molecule has 1 unspecified atom stereocenters. The van der Waals surface area contributed by atoms with Gasteiger partial charge in [-0.05, 0) is 53.6 Å². The molecule has 7 nitrogen and oxygen atoms in total. The van der Waals surface area contributed by atoms with Crippen LogP contribution in [0.2, 0.25) is 0 Å². The van der Waals surface area contributed by atoms with Gasteiger partial charge in [0, 0.05) is 31.8 Å². The lowest BCUT2D eigenvalue weighted by atomic mass is 9.98. The number of hydrogen-bond acceptors (Lipinski definition) is 6. The standard InChI is InChI=1S/C27H26FN3O4/c1-30(2)22-11-7-20(8-12-22)24-15-23(19-5-9-21(28)10-6-19)29-31(24)27(33)17-35-25-13-4-18(16-32)14-26(25)34-3/h4-14,16,24H,15,17H2,1-3H3. The summed E-state index contributed by atoms with van der Waals surface area (Å²) in [6.45, 7) is -0.275. The third kappa shape index (κ3) is 5.32. The summed E-state index contributed by atoms with van der Waals surface area (Å²) in [5.41, 5.74) is 3.85. The second kappa shape index (κ2) is 10.4. The molecule has 1 amide bonds. The van der Waals surface area contributed by atoms with Crippen LogP contribution in [0.15, 0.2) is 71.8 Å². The van der Waals surface area contributed by atoms with Crippen LogP contribution >= 0.6 is 0 Å². The van der Waals surface area contributed by atoms with Crippen LogP contribution in [0, 0.1) is 5.82 Å². The smallest absolute Gasteiger partial charge is 0.281 e. The predicted octanol–water partition coefficient (Wildman–Crippen LogP) is 4.47. The van der Waals surface area contributed by atoms with Crippen LogP contribution in [0.25, 0.3) is 0 Å². The quantitative estimate of drug-likeness (QED) is 0.450. The molecule has 4 rings (SSSR count). The molecular formula is C27H26FN3O4. The number of hydrogen-bond donors (Lipinski definition) is 0. The molecule has 1 aliphatic heterocycles. The van der Waals surface area contributed by atoms with Crippen LogP contribution in [-0.2, 0) is 4.79 Å². The van der Waals surface area contributed by atoms with Gasteiger partial charge in [-0.2, -0.15) is 5.10 Å². The zero-order valence-electron chi connectivity index (χ0n) is 19.8. The second-order valence-corrected chi connectivity index (χ2v) is 8.31. The topological polar surface area (TPSA) is 71.4 Å². The first-order chi connectivity index (χ1) is 16.9. The second-order valence-electron chi connectivity index (χ2n) is 8.31. The Hall–Kier alpha value is -4.20. The monoisotopic (exact) mass is 475 g/mol. The molecule has 0 spiro atoms.